The van der Waals surface area contributed by atoms with Crippen molar-refractivity contribution in [1.82, 2.24) is 0 Å². The Bertz CT molecular complexity index is 541. The average Bonchev–Trinajstić information content (AvgIpc) is 3.03. The third kappa shape index (κ3) is 31.0. The van der Waals surface area contributed by atoms with Crippen LogP contribution in [-0.4, -0.2) is 19.3 Å². The summed E-state index contributed by atoms with van der Waals surface area (Å²) >= 11 is 0. The summed E-state index contributed by atoms with van der Waals surface area (Å²) in [5, 5.41) is 0. The first kappa shape index (κ1) is 45.7. The second-order valence-corrected chi connectivity index (χ2v) is 15.2. The maximum Gasteiger partial charge on any atom is 0.394 e. The van der Waals surface area contributed by atoms with Crippen molar-refractivity contribution in [2.45, 2.75) is 244 Å². The van der Waals surface area contributed by atoms with Crippen LogP contribution in [0.5, 0.6) is 0 Å². The molecule has 0 bridgehead atoms. The van der Waals surface area contributed by atoms with Gasteiger partial charge in [-0.3, -0.25) is 0 Å². The minimum atomic E-state index is -4.08. The van der Waals surface area contributed by atoms with Crippen LogP contribution in [0, 0.1) is 5.41 Å². The lowest BCUT2D eigenvalue weighted by atomic mass is 9.79. The number of nitrogens with two attached hydrogens (primary N) is 2. The van der Waals surface area contributed by atoms with Crippen LogP contribution in [-0.2, 0) is 0 Å². The Morgan fingerprint density at radius 3 is 0.587 bits per heavy atom. The first-order chi connectivity index (χ1) is 22.4. The molecule has 46 heavy (non-hydrogen) atoms. The Labute approximate surface area is 287 Å². The van der Waals surface area contributed by atoms with Crippen molar-refractivity contribution >= 4 is 0 Å². The highest BCUT2D eigenvalue weighted by Crippen LogP contribution is 2.46. The van der Waals surface area contributed by atoms with Gasteiger partial charge in [0.05, 0.1) is 5.41 Å². The second kappa shape index (κ2) is 34.6. The zero-order valence-corrected chi connectivity index (χ0v) is 31.2. The van der Waals surface area contributed by atoms with Gasteiger partial charge in [0.1, 0.15) is 0 Å². The van der Waals surface area contributed by atoms with Crippen LogP contribution in [0.15, 0.2) is 0 Å². The number of alkyl halides is 3. The lowest BCUT2D eigenvalue weighted by Gasteiger charge is -2.32. The normalized spacial score (nSPS) is 12.4. The molecule has 0 aliphatic rings. The fourth-order valence-corrected chi connectivity index (χ4v) is 7.03. The van der Waals surface area contributed by atoms with E-state index in [1.165, 1.54) is 187 Å². The summed E-state index contributed by atoms with van der Waals surface area (Å²) in [5.41, 5.74) is 9.58. The van der Waals surface area contributed by atoms with Crippen LogP contribution in [0.4, 0.5) is 13.2 Å². The molecule has 0 atom stereocenters. The van der Waals surface area contributed by atoms with E-state index in [4.69, 9.17) is 11.5 Å². The molecule has 0 aliphatic carbocycles. The number of halogens is 3. The first-order valence-corrected chi connectivity index (χ1v) is 20.8. The van der Waals surface area contributed by atoms with Gasteiger partial charge >= 0.3 is 6.18 Å². The van der Waals surface area contributed by atoms with Gasteiger partial charge in [-0.1, -0.05) is 212 Å². The van der Waals surface area contributed by atoms with Gasteiger partial charge in [0, 0.05) is 0 Å². The molecule has 2 nitrogen and oxygen atoms in total. The summed E-state index contributed by atoms with van der Waals surface area (Å²) in [6, 6.07) is 0. The summed E-state index contributed by atoms with van der Waals surface area (Å²) in [5.74, 6) is 0. The SMILES string of the molecule is CC(CCCCCCCCCCCCCCCCCCCN)(CCCCCCCCCCCCCCCCCCCN)C(F)(F)F. The summed E-state index contributed by atoms with van der Waals surface area (Å²) < 4.78 is 41.8. The van der Waals surface area contributed by atoms with E-state index in [1.807, 2.05) is 0 Å². The molecule has 4 N–H and O–H groups in total. The van der Waals surface area contributed by atoms with Gasteiger partial charge in [0.15, 0.2) is 0 Å². The predicted octanol–water partition coefficient (Wildman–Crippen LogP) is 14.5. The van der Waals surface area contributed by atoms with E-state index in [9.17, 15) is 13.2 Å². The number of hydrogen-bond donors (Lipinski definition) is 2. The van der Waals surface area contributed by atoms with Crippen LogP contribution >= 0.6 is 0 Å². The Balaban J connectivity index is 3.59. The maximum absolute atomic E-state index is 13.9. The summed E-state index contributed by atoms with van der Waals surface area (Å²) in [4.78, 5) is 0. The van der Waals surface area contributed by atoms with Gasteiger partial charge in [0.25, 0.3) is 0 Å². The molecule has 0 aromatic rings. The molecule has 5 heteroatoms. The zero-order valence-electron chi connectivity index (χ0n) is 31.2. The van der Waals surface area contributed by atoms with E-state index in [2.05, 4.69) is 0 Å². The van der Waals surface area contributed by atoms with Crippen LogP contribution in [0.3, 0.4) is 0 Å². The fraction of sp³-hybridized carbons (Fsp3) is 1.00. The Morgan fingerprint density at radius 1 is 0.283 bits per heavy atom. The van der Waals surface area contributed by atoms with E-state index in [0.29, 0.717) is 12.8 Å². The fourth-order valence-electron chi connectivity index (χ4n) is 7.03. The van der Waals surface area contributed by atoms with Crippen molar-refractivity contribution in [2.75, 3.05) is 13.1 Å². The molecule has 0 saturated carbocycles. The van der Waals surface area contributed by atoms with Crippen molar-refractivity contribution in [2.24, 2.45) is 16.9 Å². The van der Waals surface area contributed by atoms with Crippen LogP contribution in [0.1, 0.15) is 238 Å². The minimum absolute atomic E-state index is 0.305. The van der Waals surface area contributed by atoms with Gasteiger partial charge < -0.3 is 11.5 Å². The molecule has 0 saturated heterocycles. The third-order valence-electron chi connectivity index (χ3n) is 10.5. The molecule has 0 radical (unpaired) electrons. The Morgan fingerprint density at radius 2 is 0.435 bits per heavy atom. The molecule has 0 aliphatic heterocycles. The summed E-state index contributed by atoms with van der Waals surface area (Å²) in [6.45, 7) is 3.15. The van der Waals surface area contributed by atoms with E-state index < -0.39 is 11.6 Å². The molecule has 0 amide bonds. The van der Waals surface area contributed by atoms with Crippen molar-refractivity contribution in [3.8, 4) is 0 Å². The third-order valence-corrected chi connectivity index (χ3v) is 10.5. The molecule has 0 unspecified atom stereocenters. The molecule has 0 aromatic heterocycles. The van der Waals surface area contributed by atoms with Gasteiger partial charge in [-0.25, -0.2) is 0 Å². The van der Waals surface area contributed by atoms with Crippen molar-refractivity contribution in [3.05, 3.63) is 0 Å². The van der Waals surface area contributed by atoms with Crippen molar-refractivity contribution in [1.29, 1.82) is 0 Å². The number of hydrogen-bond acceptors (Lipinski definition) is 2. The van der Waals surface area contributed by atoms with Gasteiger partial charge in [-0.05, 0) is 38.8 Å². The van der Waals surface area contributed by atoms with Gasteiger partial charge in [0.2, 0.25) is 0 Å². The minimum Gasteiger partial charge on any atom is -0.330 e. The first-order valence-electron chi connectivity index (χ1n) is 20.8. The lowest BCUT2D eigenvalue weighted by molar-refractivity contribution is -0.223. The molecule has 0 heterocycles. The number of rotatable bonds is 38. The van der Waals surface area contributed by atoms with Crippen LogP contribution in [0.25, 0.3) is 0 Å². The monoisotopic (exact) mass is 661 g/mol. The van der Waals surface area contributed by atoms with E-state index in [1.54, 1.807) is 0 Å². The maximum atomic E-state index is 13.9. The van der Waals surface area contributed by atoms with Gasteiger partial charge in [-0.2, -0.15) is 13.2 Å². The van der Waals surface area contributed by atoms with E-state index >= 15 is 0 Å². The topological polar surface area (TPSA) is 52.0 Å². The standard InChI is InChI=1S/C41H83F3N2/c1-40(41(42,43)44,36-32-28-24-20-16-12-8-4-2-6-10-14-18-22-26-30-34-38-45)37-33-29-25-21-17-13-9-5-3-7-11-15-19-23-27-31-35-39-46/h2-39,45-46H2,1H3. The molecule has 0 spiro atoms. The highest BCUT2D eigenvalue weighted by Gasteiger charge is 2.49. The van der Waals surface area contributed by atoms with Gasteiger partial charge in [-0.15, -0.1) is 0 Å². The second-order valence-electron chi connectivity index (χ2n) is 15.2. The number of unbranched alkanes of at least 4 members (excludes halogenated alkanes) is 32. The summed E-state index contributed by atoms with van der Waals surface area (Å²) in [6.07, 6.45) is 39.0. The molecule has 0 aromatic carbocycles. The summed E-state index contributed by atoms with van der Waals surface area (Å²) in [7, 11) is 0. The average molecular weight is 661 g/mol. The smallest absolute Gasteiger partial charge is 0.330 e. The van der Waals surface area contributed by atoms with Crippen molar-refractivity contribution < 1.29 is 13.2 Å². The molecule has 278 valence electrons. The Kier molecular flexibility index (Phi) is 34.4. The Hall–Kier alpha value is -0.290. The molecular weight excluding hydrogens is 577 g/mol. The van der Waals surface area contributed by atoms with E-state index in [-0.39, 0.29) is 0 Å². The molecule has 0 rings (SSSR count). The molecule has 0 fully saturated rings. The zero-order chi connectivity index (χ0) is 33.9. The van der Waals surface area contributed by atoms with Crippen molar-refractivity contribution in [3.63, 3.8) is 0 Å². The predicted molar refractivity (Wildman–Crippen MR) is 198 cm³/mol. The highest BCUT2D eigenvalue weighted by molar-refractivity contribution is 4.82. The van der Waals surface area contributed by atoms with Crippen LogP contribution in [0.2, 0.25) is 0 Å². The van der Waals surface area contributed by atoms with E-state index in [0.717, 1.165) is 51.6 Å². The highest BCUT2D eigenvalue weighted by atomic mass is 19.4. The van der Waals surface area contributed by atoms with Crippen LogP contribution < -0.4 is 11.5 Å². The molecular formula is C41H83F3N2. The largest absolute Gasteiger partial charge is 0.394 e. The lowest BCUT2D eigenvalue weighted by Crippen LogP contribution is -2.35. The quantitative estimate of drug-likeness (QED) is 0.0648.